The zero-order chi connectivity index (χ0) is 13.9. The number of hydrogen-bond acceptors (Lipinski definition) is 5. The molecule has 5 nitrogen and oxygen atoms in total. The van der Waals surface area contributed by atoms with Crippen molar-refractivity contribution in [2.75, 3.05) is 29.5 Å². The number of amides is 1. The summed E-state index contributed by atoms with van der Waals surface area (Å²) in [6.07, 6.45) is 0.736. The first-order chi connectivity index (χ1) is 9.78. The van der Waals surface area contributed by atoms with E-state index in [1.165, 1.54) is 0 Å². The van der Waals surface area contributed by atoms with Gasteiger partial charge in [-0.25, -0.2) is 0 Å². The van der Waals surface area contributed by atoms with Gasteiger partial charge in [-0.15, -0.1) is 0 Å². The number of oxime groups is 1. The first-order valence-corrected chi connectivity index (χ1v) is 7.84. The standard InChI is InChI=1S/C14H17N3O2S/c15-8-12-7-13(16-19-12)10-1-3-11(4-2-10)17-5-6-20-9-14(17)18/h1-4,12H,5-9,15H2. The third-order valence-electron chi connectivity index (χ3n) is 3.49. The Bertz CT molecular complexity index is 530. The third kappa shape index (κ3) is 2.66. The van der Waals surface area contributed by atoms with E-state index in [1.54, 1.807) is 11.8 Å². The summed E-state index contributed by atoms with van der Waals surface area (Å²) in [5, 5.41) is 4.07. The Balaban J connectivity index is 1.73. The minimum absolute atomic E-state index is 0.00891. The molecular weight excluding hydrogens is 274 g/mol. The predicted octanol–water partition coefficient (Wildman–Crippen LogP) is 1.22. The number of rotatable bonds is 3. The first kappa shape index (κ1) is 13.5. The van der Waals surface area contributed by atoms with Crippen LogP contribution in [0.1, 0.15) is 12.0 Å². The molecule has 106 valence electrons. The molecule has 20 heavy (non-hydrogen) atoms. The van der Waals surface area contributed by atoms with Crippen molar-refractivity contribution >= 4 is 29.1 Å². The molecule has 1 amide bonds. The summed E-state index contributed by atoms with van der Waals surface area (Å²) >= 11 is 1.69. The molecule has 1 atom stereocenters. The molecule has 0 bridgehead atoms. The van der Waals surface area contributed by atoms with Gasteiger partial charge in [-0.05, 0) is 17.7 Å². The van der Waals surface area contributed by atoms with E-state index in [2.05, 4.69) is 5.16 Å². The Labute approximate surface area is 122 Å². The maximum absolute atomic E-state index is 11.9. The van der Waals surface area contributed by atoms with Gasteiger partial charge < -0.3 is 15.5 Å². The molecule has 6 heteroatoms. The quantitative estimate of drug-likeness (QED) is 0.909. The van der Waals surface area contributed by atoms with Crippen molar-refractivity contribution in [3.05, 3.63) is 29.8 Å². The molecule has 1 aromatic rings. The third-order valence-corrected chi connectivity index (χ3v) is 4.42. The lowest BCUT2D eigenvalue weighted by Crippen LogP contribution is -2.38. The van der Waals surface area contributed by atoms with Crippen LogP contribution in [0.4, 0.5) is 5.69 Å². The SMILES string of the molecule is NCC1CC(c2ccc(N3CCSCC3=O)cc2)=NO1. The van der Waals surface area contributed by atoms with Crippen LogP contribution >= 0.6 is 11.8 Å². The number of hydrogen-bond donors (Lipinski definition) is 1. The van der Waals surface area contributed by atoms with Crippen molar-refractivity contribution in [2.24, 2.45) is 10.9 Å². The number of nitrogens with zero attached hydrogens (tertiary/aromatic N) is 2. The maximum Gasteiger partial charge on any atom is 0.237 e. The van der Waals surface area contributed by atoms with Gasteiger partial charge >= 0.3 is 0 Å². The largest absolute Gasteiger partial charge is 0.390 e. The molecule has 2 heterocycles. The first-order valence-electron chi connectivity index (χ1n) is 6.69. The van der Waals surface area contributed by atoms with E-state index in [1.807, 2.05) is 29.2 Å². The second kappa shape index (κ2) is 5.85. The van der Waals surface area contributed by atoms with Crippen LogP contribution in [0, 0.1) is 0 Å². The summed E-state index contributed by atoms with van der Waals surface area (Å²) in [5.74, 6) is 1.74. The molecule has 3 rings (SSSR count). The van der Waals surface area contributed by atoms with Gasteiger partial charge in [0.05, 0.1) is 11.5 Å². The Morgan fingerprint density at radius 1 is 1.40 bits per heavy atom. The number of carbonyl (C=O) groups is 1. The van der Waals surface area contributed by atoms with Crippen LogP contribution in [0.3, 0.4) is 0 Å². The maximum atomic E-state index is 11.9. The van der Waals surface area contributed by atoms with E-state index >= 15 is 0 Å². The van der Waals surface area contributed by atoms with Crippen LogP contribution in [-0.2, 0) is 9.63 Å². The average Bonchev–Trinajstić information content (AvgIpc) is 2.97. The normalized spacial score (nSPS) is 22.6. The van der Waals surface area contributed by atoms with Crippen LogP contribution in [0.5, 0.6) is 0 Å². The average molecular weight is 291 g/mol. The smallest absolute Gasteiger partial charge is 0.237 e. The number of nitrogens with two attached hydrogens (primary N) is 1. The highest BCUT2D eigenvalue weighted by Crippen LogP contribution is 2.23. The molecule has 1 saturated heterocycles. The monoisotopic (exact) mass is 291 g/mol. The lowest BCUT2D eigenvalue weighted by molar-refractivity contribution is -0.116. The summed E-state index contributed by atoms with van der Waals surface area (Å²) in [4.78, 5) is 18.9. The molecule has 0 aliphatic carbocycles. The lowest BCUT2D eigenvalue weighted by Gasteiger charge is -2.26. The van der Waals surface area contributed by atoms with Crippen LogP contribution in [0.2, 0.25) is 0 Å². The van der Waals surface area contributed by atoms with Crippen LogP contribution in [-0.4, -0.2) is 42.3 Å². The molecule has 0 saturated carbocycles. The van der Waals surface area contributed by atoms with Crippen molar-refractivity contribution in [2.45, 2.75) is 12.5 Å². The van der Waals surface area contributed by atoms with E-state index < -0.39 is 0 Å². The van der Waals surface area contributed by atoms with E-state index in [0.717, 1.165) is 35.7 Å². The second-order valence-corrected chi connectivity index (χ2v) is 5.96. The molecule has 1 fully saturated rings. The summed E-state index contributed by atoms with van der Waals surface area (Å²) < 4.78 is 0. The van der Waals surface area contributed by atoms with Gasteiger partial charge in [0.1, 0.15) is 6.10 Å². The molecule has 2 aliphatic rings. The van der Waals surface area contributed by atoms with E-state index in [-0.39, 0.29) is 12.0 Å². The number of carbonyl (C=O) groups excluding carboxylic acids is 1. The van der Waals surface area contributed by atoms with Crippen LogP contribution in [0.15, 0.2) is 29.4 Å². The molecule has 2 N–H and O–H groups in total. The zero-order valence-corrected chi connectivity index (χ0v) is 11.9. The van der Waals surface area contributed by atoms with Gasteiger partial charge in [0.2, 0.25) is 5.91 Å². The second-order valence-electron chi connectivity index (χ2n) is 4.85. The summed E-state index contributed by atoms with van der Waals surface area (Å²) in [5.41, 5.74) is 8.47. The summed E-state index contributed by atoms with van der Waals surface area (Å²) in [6, 6.07) is 7.93. The van der Waals surface area contributed by atoms with Crippen molar-refractivity contribution in [1.29, 1.82) is 0 Å². The Morgan fingerprint density at radius 2 is 2.20 bits per heavy atom. The molecule has 1 aromatic carbocycles. The van der Waals surface area contributed by atoms with Crippen LogP contribution in [0.25, 0.3) is 0 Å². The fourth-order valence-electron chi connectivity index (χ4n) is 2.35. The van der Waals surface area contributed by atoms with Gasteiger partial charge in [-0.2, -0.15) is 11.8 Å². The topological polar surface area (TPSA) is 67.9 Å². The van der Waals surface area contributed by atoms with Crippen molar-refractivity contribution in [3.63, 3.8) is 0 Å². The number of thioether (sulfide) groups is 1. The fourth-order valence-corrected chi connectivity index (χ4v) is 3.14. The zero-order valence-electron chi connectivity index (χ0n) is 11.1. The molecule has 2 aliphatic heterocycles. The Kier molecular flexibility index (Phi) is 3.93. The minimum atomic E-state index is -0.00891. The van der Waals surface area contributed by atoms with Gasteiger partial charge in [-0.1, -0.05) is 17.3 Å². The molecule has 0 spiro atoms. The van der Waals surface area contributed by atoms with E-state index in [4.69, 9.17) is 10.6 Å². The highest BCUT2D eigenvalue weighted by molar-refractivity contribution is 8.00. The van der Waals surface area contributed by atoms with E-state index in [9.17, 15) is 4.79 Å². The van der Waals surface area contributed by atoms with Gasteiger partial charge in [-0.3, -0.25) is 4.79 Å². The Morgan fingerprint density at radius 3 is 2.85 bits per heavy atom. The van der Waals surface area contributed by atoms with Gasteiger partial charge in [0.15, 0.2) is 0 Å². The fraction of sp³-hybridized carbons (Fsp3) is 0.429. The summed E-state index contributed by atoms with van der Waals surface area (Å²) in [7, 11) is 0. The molecule has 0 radical (unpaired) electrons. The van der Waals surface area contributed by atoms with Crippen molar-refractivity contribution in [1.82, 2.24) is 0 Å². The van der Waals surface area contributed by atoms with E-state index in [0.29, 0.717) is 12.3 Å². The van der Waals surface area contributed by atoms with Crippen LogP contribution < -0.4 is 10.6 Å². The van der Waals surface area contributed by atoms with Gasteiger partial charge in [0.25, 0.3) is 0 Å². The minimum Gasteiger partial charge on any atom is -0.390 e. The highest BCUT2D eigenvalue weighted by Gasteiger charge is 2.22. The Hall–Kier alpha value is -1.53. The molecule has 1 unspecified atom stereocenters. The lowest BCUT2D eigenvalue weighted by atomic mass is 10.0. The van der Waals surface area contributed by atoms with Crippen molar-refractivity contribution < 1.29 is 9.63 Å². The highest BCUT2D eigenvalue weighted by atomic mass is 32.2. The summed E-state index contributed by atoms with van der Waals surface area (Å²) in [6.45, 7) is 1.26. The number of benzene rings is 1. The molecule has 0 aromatic heterocycles. The molecular formula is C14H17N3O2S. The van der Waals surface area contributed by atoms with Gasteiger partial charge in [0, 0.05) is 31.0 Å². The van der Waals surface area contributed by atoms with Crippen molar-refractivity contribution in [3.8, 4) is 0 Å². The predicted molar refractivity (Wildman–Crippen MR) is 81.2 cm³/mol. The number of anilines is 1.